The first-order chi connectivity index (χ1) is 13.6. The molecule has 4 rings (SSSR count). The van der Waals surface area contributed by atoms with E-state index in [1.54, 1.807) is 18.7 Å². The van der Waals surface area contributed by atoms with Crippen LogP contribution in [0.5, 0.6) is 0 Å². The SMILES string of the molecule is CC(O)Cn1c(C(Sc2ccccc2)c2ccccc2)nc2cc(Cl)ccc21. The second-order valence-corrected chi connectivity index (χ2v) is 8.40. The van der Waals surface area contributed by atoms with E-state index in [9.17, 15) is 5.11 Å². The van der Waals surface area contributed by atoms with Crippen molar-refractivity contribution in [2.75, 3.05) is 0 Å². The van der Waals surface area contributed by atoms with Gasteiger partial charge >= 0.3 is 0 Å². The van der Waals surface area contributed by atoms with Gasteiger partial charge in [0.25, 0.3) is 0 Å². The number of rotatable bonds is 6. The summed E-state index contributed by atoms with van der Waals surface area (Å²) in [6.45, 7) is 2.28. The van der Waals surface area contributed by atoms with Gasteiger partial charge in [-0.15, -0.1) is 11.8 Å². The van der Waals surface area contributed by atoms with E-state index >= 15 is 0 Å². The average molecular weight is 409 g/mol. The minimum atomic E-state index is -0.482. The lowest BCUT2D eigenvalue weighted by Crippen LogP contribution is -2.16. The molecule has 4 aromatic rings. The standard InChI is InChI=1S/C23H21ClN2OS/c1-16(27)15-26-21-13-12-18(24)14-20(21)25-23(26)22(17-8-4-2-5-9-17)28-19-10-6-3-7-11-19/h2-14,16,22,27H,15H2,1H3. The van der Waals surface area contributed by atoms with E-state index in [-0.39, 0.29) is 5.25 Å². The molecule has 1 N–H and O–H groups in total. The number of benzene rings is 3. The molecule has 0 amide bonds. The maximum absolute atomic E-state index is 10.1. The summed E-state index contributed by atoms with van der Waals surface area (Å²) < 4.78 is 2.12. The number of imidazole rings is 1. The van der Waals surface area contributed by atoms with Crippen LogP contribution in [-0.4, -0.2) is 20.8 Å². The highest BCUT2D eigenvalue weighted by Crippen LogP contribution is 2.41. The fraction of sp³-hybridized carbons (Fsp3) is 0.174. The van der Waals surface area contributed by atoms with Crippen molar-refractivity contribution in [2.24, 2.45) is 0 Å². The quantitative estimate of drug-likeness (QED) is 0.400. The lowest BCUT2D eigenvalue weighted by atomic mass is 10.1. The second kappa shape index (κ2) is 8.39. The Hall–Kier alpha value is -2.27. The lowest BCUT2D eigenvalue weighted by molar-refractivity contribution is 0.174. The largest absolute Gasteiger partial charge is 0.392 e. The van der Waals surface area contributed by atoms with Gasteiger partial charge in [0.1, 0.15) is 5.82 Å². The smallest absolute Gasteiger partial charge is 0.128 e. The number of hydrogen-bond donors (Lipinski definition) is 1. The Morgan fingerprint density at radius 3 is 2.36 bits per heavy atom. The zero-order valence-corrected chi connectivity index (χ0v) is 17.1. The number of fused-ring (bicyclic) bond motifs is 1. The van der Waals surface area contributed by atoms with Gasteiger partial charge in [-0.2, -0.15) is 0 Å². The van der Waals surface area contributed by atoms with Crippen LogP contribution < -0.4 is 0 Å². The number of hydrogen-bond acceptors (Lipinski definition) is 3. The fourth-order valence-electron chi connectivity index (χ4n) is 3.31. The predicted molar refractivity (Wildman–Crippen MR) is 117 cm³/mol. The van der Waals surface area contributed by atoms with Crippen molar-refractivity contribution in [1.29, 1.82) is 0 Å². The van der Waals surface area contributed by atoms with Crippen molar-refractivity contribution in [2.45, 2.75) is 29.7 Å². The van der Waals surface area contributed by atoms with E-state index in [1.807, 2.05) is 54.6 Å². The van der Waals surface area contributed by atoms with Gasteiger partial charge in [0.05, 0.1) is 28.9 Å². The maximum atomic E-state index is 10.1. The van der Waals surface area contributed by atoms with Gasteiger partial charge in [-0.05, 0) is 42.8 Å². The first kappa shape index (κ1) is 19.1. The number of thioether (sulfide) groups is 1. The van der Waals surface area contributed by atoms with Crippen LogP contribution in [-0.2, 0) is 6.54 Å². The third-order valence-electron chi connectivity index (χ3n) is 4.52. The van der Waals surface area contributed by atoms with E-state index in [1.165, 1.54) is 10.5 Å². The van der Waals surface area contributed by atoms with Crippen molar-refractivity contribution in [1.82, 2.24) is 9.55 Å². The van der Waals surface area contributed by atoms with Crippen LogP contribution in [0.2, 0.25) is 5.02 Å². The molecule has 2 atom stereocenters. The molecule has 1 aromatic heterocycles. The Bertz CT molecular complexity index is 1060. The minimum Gasteiger partial charge on any atom is -0.392 e. The van der Waals surface area contributed by atoms with Crippen molar-refractivity contribution >= 4 is 34.4 Å². The number of halogens is 1. The highest BCUT2D eigenvalue weighted by atomic mass is 35.5. The topological polar surface area (TPSA) is 38.0 Å². The molecule has 0 bridgehead atoms. The summed E-state index contributed by atoms with van der Waals surface area (Å²) in [5.74, 6) is 0.915. The molecule has 0 aliphatic heterocycles. The van der Waals surface area contributed by atoms with Crippen molar-refractivity contribution < 1.29 is 5.11 Å². The molecule has 2 unspecified atom stereocenters. The third kappa shape index (κ3) is 4.09. The Balaban J connectivity index is 1.88. The summed E-state index contributed by atoms with van der Waals surface area (Å²) in [6.07, 6.45) is -0.482. The molecule has 0 aliphatic rings. The normalized spacial score (nSPS) is 13.5. The molecular weight excluding hydrogens is 388 g/mol. The summed E-state index contributed by atoms with van der Waals surface area (Å²) in [7, 11) is 0. The van der Waals surface area contributed by atoms with Crippen LogP contribution in [0.25, 0.3) is 11.0 Å². The van der Waals surface area contributed by atoms with Crippen molar-refractivity contribution in [3.05, 3.63) is 95.3 Å². The molecule has 0 aliphatic carbocycles. The summed E-state index contributed by atoms with van der Waals surface area (Å²) >= 11 is 7.97. The van der Waals surface area contributed by atoms with E-state index in [4.69, 9.17) is 16.6 Å². The van der Waals surface area contributed by atoms with E-state index in [0.29, 0.717) is 11.6 Å². The molecular formula is C23H21ClN2OS. The first-order valence-electron chi connectivity index (χ1n) is 9.22. The Kier molecular flexibility index (Phi) is 5.72. The lowest BCUT2D eigenvalue weighted by Gasteiger charge is -2.20. The Morgan fingerprint density at radius 1 is 1.00 bits per heavy atom. The van der Waals surface area contributed by atoms with Crippen LogP contribution in [0.15, 0.2) is 83.8 Å². The van der Waals surface area contributed by atoms with Gasteiger partial charge in [0.2, 0.25) is 0 Å². The second-order valence-electron chi connectivity index (χ2n) is 6.78. The summed E-state index contributed by atoms with van der Waals surface area (Å²) in [4.78, 5) is 6.12. The number of nitrogens with zero attached hydrogens (tertiary/aromatic N) is 2. The molecule has 0 saturated heterocycles. The van der Waals surface area contributed by atoms with Crippen molar-refractivity contribution in [3.8, 4) is 0 Å². The van der Waals surface area contributed by atoms with Crippen LogP contribution in [0.4, 0.5) is 0 Å². The maximum Gasteiger partial charge on any atom is 0.128 e. The van der Waals surface area contributed by atoms with Gasteiger partial charge in [0, 0.05) is 9.92 Å². The van der Waals surface area contributed by atoms with Crippen molar-refractivity contribution in [3.63, 3.8) is 0 Å². The molecule has 0 fully saturated rings. The minimum absolute atomic E-state index is 0.00599. The van der Waals surface area contributed by atoms with E-state index in [2.05, 4.69) is 28.8 Å². The highest BCUT2D eigenvalue weighted by Gasteiger charge is 2.24. The highest BCUT2D eigenvalue weighted by molar-refractivity contribution is 7.99. The van der Waals surface area contributed by atoms with Gasteiger partial charge < -0.3 is 9.67 Å². The zero-order chi connectivity index (χ0) is 19.5. The zero-order valence-electron chi connectivity index (χ0n) is 15.5. The molecule has 1 heterocycles. The monoisotopic (exact) mass is 408 g/mol. The number of aromatic nitrogens is 2. The van der Waals surface area contributed by atoms with Crippen LogP contribution >= 0.6 is 23.4 Å². The Labute approximate surface area is 174 Å². The van der Waals surface area contributed by atoms with Gasteiger partial charge in [-0.3, -0.25) is 0 Å². The van der Waals surface area contributed by atoms with E-state index < -0.39 is 6.10 Å². The molecule has 3 nitrogen and oxygen atoms in total. The molecule has 0 saturated carbocycles. The molecule has 142 valence electrons. The predicted octanol–water partition coefficient (Wildman–Crippen LogP) is 5.95. The Morgan fingerprint density at radius 2 is 1.68 bits per heavy atom. The van der Waals surface area contributed by atoms with Crippen LogP contribution in [0.3, 0.4) is 0 Å². The molecule has 5 heteroatoms. The summed E-state index contributed by atoms with van der Waals surface area (Å²) in [5, 5.41) is 10.8. The fourth-order valence-corrected chi connectivity index (χ4v) is 4.64. The number of aliphatic hydroxyl groups excluding tert-OH is 1. The van der Waals surface area contributed by atoms with Gasteiger partial charge in [-0.1, -0.05) is 60.1 Å². The molecule has 3 aromatic carbocycles. The van der Waals surface area contributed by atoms with Gasteiger partial charge in [-0.25, -0.2) is 4.98 Å². The third-order valence-corrected chi connectivity index (χ3v) is 6.02. The molecule has 0 radical (unpaired) electrons. The summed E-state index contributed by atoms with van der Waals surface area (Å²) in [6, 6.07) is 26.4. The van der Waals surface area contributed by atoms with Gasteiger partial charge in [0.15, 0.2) is 0 Å². The summed E-state index contributed by atoms with van der Waals surface area (Å²) in [5.41, 5.74) is 3.00. The molecule has 0 spiro atoms. The molecule has 28 heavy (non-hydrogen) atoms. The van der Waals surface area contributed by atoms with Crippen LogP contribution in [0, 0.1) is 0 Å². The van der Waals surface area contributed by atoms with E-state index in [0.717, 1.165) is 16.9 Å². The number of aliphatic hydroxyl groups is 1. The van der Waals surface area contributed by atoms with Crippen LogP contribution in [0.1, 0.15) is 23.6 Å². The average Bonchev–Trinajstić information content (AvgIpc) is 3.04. The first-order valence-corrected chi connectivity index (χ1v) is 10.5.